The van der Waals surface area contributed by atoms with E-state index in [-0.39, 0.29) is 24.2 Å². The third-order valence-corrected chi connectivity index (χ3v) is 3.47. The van der Waals surface area contributed by atoms with Crippen LogP contribution in [0.25, 0.3) is 0 Å². The molecular formula is C14H25NO4. The lowest BCUT2D eigenvalue weighted by molar-refractivity contribution is -0.174. The largest absolute Gasteiger partial charge is 0.459 e. The van der Waals surface area contributed by atoms with Gasteiger partial charge in [0.1, 0.15) is 0 Å². The zero-order chi connectivity index (χ0) is 14.4. The predicted molar refractivity (Wildman–Crippen MR) is 71.9 cm³/mol. The molecule has 1 aliphatic rings. The third kappa shape index (κ3) is 4.21. The Morgan fingerprint density at radius 3 is 2.74 bits per heavy atom. The first-order valence-corrected chi connectivity index (χ1v) is 6.92. The molecule has 0 spiro atoms. The fourth-order valence-electron chi connectivity index (χ4n) is 2.54. The Balaban J connectivity index is 2.95. The molecule has 110 valence electrons. The van der Waals surface area contributed by atoms with Gasteiger partial charge in [0.25, 0.3) is 5.91 Å². The van der Waals surface area contributed by atoms with Gasteiger partial charge in [0.2, 0.25) is 6.29 Å². The van der Waals surface area contributed by atoms with Crippen LogP contribution in [0.3, 0.4) is 0 Å². The van der Waals surface area contributed by atoms with Crippen LogP contribution < -0.4 is 5.73 Å². The molecule has 0 aromatic heterocycles. The van der Waals surface area contributed by atoms with E-state index in [0.717, 1.165) is 6.42 Å². The lowest BCUT2D eigenvalue weighted by Crippen LogP contribution is -2.40. The summed E-state index contributed by atoms with van der Waals surface area (Å²) in [5.74, 6) is 0.285. The van der Waals surface area contributed by atoms with Gasteiger partial charge in [-0.15, -0.1) is 0 Å². The highest BCUT2D eigenvalue weighted by atomic mass is 16.7. The number of carbonyl (C=O) groups excluding carboxylic acids is 1. The standard InChI is InChI=1S/C14H25NO4/c1-4-18-14-10(6-5-7-16)11(9(2)3)8-12(19-14)13(15)17/h8-11,14,16H,4-7H2,1-3H3,(H2,15,17)/t10-,11-,14-/m1/s1. The van der Waals surface area contributed by atoms with Crippen LogP contribution >= 0.6 is 0 Å². The smallest absolute Gasteiger partial charge is 0.283 e. The van der Waals surface area contributed by atoms with Crippen molar-refractivity contribution in [3.8, 4) is 0 Å². The van der Waals surface area contributed by atoms with Gasteiger partial charge in [0, 0.05) is 19.1 Å². The third-order valence-electron chi connectivity index (χ3n) is 3.47. The molecule has 1 amide bonds. The molecule has 0 aromatic rings. The summed E-state index contributed by atoms with van der Waals surface area (Å²) in [5.41, 5.74) is 5.31. The number of carbonyl (C=O) groups is 1. The molecule has 0 aromatic carbocycles. The number of aliphatic hydroxyl groups is 1. The van der Waals surface area contributed by atoms with Crippen molar-refractivity contribution in [2.75, 3.05) is 13.2 Å². The highest BCUT2D eigenvalue weighted by Gasteiger charge is 2.37. The van der Waals surface area contributed by atoms with Gasteiger partial charge in [-0.05, 0) is 37.7 Å². The molecule has 5 heteroatoms. The molecule has 19 heavy (non-hydrogen) atoms. The molecule has 0 bridgehead atoms. The van der Waals surface area contributed by atoms with Crippen LogP contribution in [-0.4, -0.2) is 30.5 Å². The highest BCUT2D eigenvalue weighted by Crippen LogP contribution is 2.36. The molecule has 1 rings (SSSR count). The fourth-order valence-corrected chi connectivity index (χ4v) is 2.54. The molecule has 1 aliphatic heterocycles. The topological polar surface area (TPSA) is 81.8 Å². The average molecular weight is 271 g/mol. The van der Waals surface area contributed by atoms with Gasteiger partial charge in [-0.3, -0.25) is 4.79 Å². The predicted octanol–water partition coefficient (Wildman–Crippen LogP) is 1.41. The van der Waals surface area contributed by atoms with Gasteiger partial charge < -0.3 is 20.3 Å². The Morgan fingerprint density at radius 2 is 2.26 bits per heavy atom. The van der Waals surface area contributed by atoms with Crippen molar-refractivity contribution >= 4 is 5.91 Å². The zero-order valence-electron chi connectivity index (χ0n) is 12.0. The van der Waals surface area contributed by atoms with Crippen LogP contribution in [0.5, 0.6) is 0 Å². The normalized spacial score (nSPS) is 27.0. The number of ether oxygens (including phenoxy) is 2. The highest BCUT2D eigenvalue weighted by molar-refractivity contribution is 5.90. The summed E-state index contributed by atoms with van der Waals surface area (Å²) in [5, 5.41) is 9.01. The molecule has 0 aliphatic carbocycles. The number of aliphatic hydroxyl groups excluding tert-OH is 1. The molecule has 1 heterocycles. The second-order valence-electron chi connectivity index (χ2n) is 5.19. The second kappa shape index (κ2) is 7.50. The molecule has 0 radical (unpaired) electrons. The first kappa shape index (κ1) is 16.0. The van der Waals surface area contributed by atoms with Crippen LogP contribution in [0, 0.1) is 17.8 Å². The van der Waals surface area contributed by atoms with E-state index in [0.29, 0.717) is 18.9 Å². The van der Waals surface area contributed by atoms with Crippen LogP contribution in [0.15, 0.2) is 11.8 Å². The van der Waals surface area contributed by atoms with E-state index in [4.69, 9.17) is 20.3 Å². The minimum atomic E-state index is -0.559. The van der Waals surface area contributed by atoms with Crippen molar-refractivity contribution in [3.05, 3.63) is 11.8 Å². The SMILES string of the molecule is CCO[C@@H]1OC(C(N)=O)=C[C@H](C(C)C)[C@H]1CCCO. The fraction of sp³-hybridized carbons (Fsp3) is 0.786. The van der Waals surface area contributed by atoms with Crippen molar-refractivity contribution in [1.82, 2.24) is 0 Å². The van der Waals surface area contributed by atoms with Gasteiger partial charge in [-0.2, -0.15) is 0 Å². The van der Waals surface area contributed by atoms with Crippen LogP contribution in [0.4, 0.5) is 0 Å². The van der Waals surface area contributed by atoms with Crippen molar-refractivity contribution in [3.63, 3.8) is 0 Å². The Morgan fingerprint density at radius 1 is 1.58 bits per heavy atom. The van der Waals surface area contributed by atoms with E-state index in [1.165, 1.54) is 0 Å². The molecule has 5 nitrogen and oxygen atoms in total. The summed E-state index contributed by atoms with van der Waals surface area (Å²) < 4.78 is 11.2. The number of amides is 1. The van der Waals surface area contributed by atoms with Gasteiger partial charge in [0.05, 0.1) is 0 Å². The van der Waals surface area contributed by atoms with Crippen molar-refractivity contribution in [2.45, 2.75) is 39.9 Å². The Hall–Kier alpha value is -1.07. The lowest BCUT2D eigenvalue weighted by Gasteiger charge is -2.38. The summed E-state index contributed by atoms with van der Waals surface area (Å²) in [6, 6.07) is 0. The number of primary amides is 1. The molecule has 0 saturated carbocycles. The molecular weight excluding hydrogens is 246 g/mol. The Kier molecular flexibility index (Phi) is 6.31. The second-order valence-corrected chi connectivity index (χ2v) is 5.19. The van der Waals surface area contributed by atoms with Crippen molar-refractivity contribution < 1.29 is 19.4 Å². The van der Waals surface area contributed by atoms with Gasteiger partial charge in [-0.25, -0.2) is 0 Å². The van der Waals surface area contributed by atoms with E-state index in [9.17, 15) is 4.79 Å². The summed E-state index contributed by atoms with van der Waals surface area (Å²) in [7, 11) is 0. The van der Waals surface area contributed by atoms with Crippen LogP contribution in [0.1, 0.15) is 33.6 Å². The number of hydrogen-bond donors (Lipinski definition) is 2. The Labute approximate surface area is 114 Å². The average Bonchev–Trinajstić information content (AvgIpc) is 2.36. The first-order chi connectivity index (χ1) is 9.01. The maximum atomic E-state index is 11.3. The number of hydrogen-bond acceptors (Lipinski definition) is 4. The van der Waals surface area contributed by atoms with E-state index >= 15 is 0 Å². The summed E-state index contributed by atoms with van der Waals surface area (Å²) in [6.07, 6.45) is 2.84. The van der Waals surface area contributed by atoms with E-state index in [1.807, 2.05) is 13.0 Å². The number of nitrogens with two attached hydrogens (primary N) is 1. The van der Waals surface area contributed by atoms with Gasteiger partial charge >= 0.3 is 0 Å². The molecule has 3 atom stereocenters. The van der Waals surface area contributed by atoms with E-state index < -0.39 is 12.2 Å². The number of rotatable bonds is 7. The maximum absolute atomic E-state index is 11.3. The Bertz CT molecular complexity index is 327. The monoisotopic (exact) mass is 271 g/mol. The molecule has 3 N–H and O–H groups in total. The molecule has 0 fully saturated rings. The lowest BCUT2D eigenvalue weighted by atomic mass is 9.78. The maximum Gasteiger partial charge on any atom is 0.283 e. The number of allylic oxidation sites excluding steroid dienone is 1. The van der Waals surface area contributed by atoms with Gasteiger partial charge in [-0.1, -0.05) is 13.8 Å². The van der Waals surface area contributed by atoms with E-state index in [2.05, 4.69) is 13.8 Å². The van der Waals surface area contributed by atoms with Crippen LogP contribution in [0.2, 0.25) is 0 Å². The minimum Gasteiger partial charge on any atom is -0.459 e. The van der Waals surface area contributed by atoms with Gasteiger partial charge in [0.15, 0.2) is 5.76 Å². The van der Waals surface area contributed by atoms with Crippen molar-refractivity contribution in [1.29, 1.82) is 0 Å². The first-order valence-electron chi connectivity index (χ1n) is 6.92. The summed E-state index contributed by atoms with van der Waals surface area (Å²) >= 11 is 0. The zero-order valence-corrected chi connectivity index (χ0v) is 12.0. The molecule has 0 saturated heterocycles. The quantitative estimate of drug-likeness (QED) is 0.733. The van der Waals surface area contributed by atoms with E-state index in [1.54, 1.807) is 0 Å². The summed E-state index contributed by atoms with van der Waals surface area (Å²) in [4.78, 5) is 11.3. The van der Waals surface area contributed by atoms with Crippen molar-refractivity contribution in [2.24, 2.45) is 23.5 Å². The molecule has 0 unspecified atom stereocenters. The summed E-state index contributed by atoms with van der Waals surface area (Å²) in [6.45, 7) is 6.74. The minimum absolute atomic E-state index is 0.134. The van der Waals surface area contributed by atoms with Crippen LogP contribution in [-0.2, 0) is 14.3 Å².